The molecule has 1 aliphatic rings. The predicted molar refractivity (Wildman–Crippen MR) is 94.6 cm³/mol. The van der Waals surface area contributed by atoms with Gasteiger partial charge in [-0.05, 0) is 66.0 Å². The van der Waals surface area contributed by atoms with Gasteiger partial charge in [0.2, 0.25) is 0 Å². The summed E-state index contributed by atoms with van der Waals surface area (Å²) in [5, 5.41) is 0. The Morgan fingerprint density at radius 2 is 1.77 bits per heavy atom. The minimum absolute atomic E-state index is 0.121. The second-order valence-corrected chi connectivity index (χ2v) is 11.8. The van der Waals surface area contributed by atoms with Crippen LogP contribution in [0.3, 0.4) is 0 Å². The summed E-state index contributed by atoms with van der Waals surface area (Å²) < 4.78 is 26.9. The Kier molecular flexibility index (Phi) is 5.72. The van der Waals surface area contributed by atoms with Crippen molar-refractivity contribution in [1.82, 2.24) is 0 Å². The molecule has 0 spiro atoms. The van der Waals surface area contributed by atoms with Crippen molar-refractivity contribution in [3.63, 3.8) is 0 Å². The lowest BCUT2D eigenvalue weighted by Gasteiger charge is -2.33. The predicted octanol–water partition coefficient (Wildman–Crippen LogP) is 5.83. The second kappa shape index (κ2) is 7.01. The molecule has 1 aliphatic carbocycles. The molecule has 124 valence electrons. The summed E-state index contributed by atoms with van der Waals surface area (Å²) in [6, 6.07) is 6.96. The molecule has 1 saturated carbocycles. The molecule has 0 amide bonds. The molecule has 22 heavy (non-hydrogen) atoms. The van der Waals surface area contributed by atoms with Gasteiger partial charge in [-0.2, -0.15) is 0 Å². The van der Waals surface area contributed by atoms with Crippen LogP contribution in [0.5, 0.6) is 5.75 Å². The van der Waals surface area contributed by atoms with E-state index in [1.54, 1.807) is 13.0 Å². The van der Waals surface area contributed by atoms with Crippen molar-refractivity contribution in [2.75, 3.05) is 6.61 Å². The molecule has 1 aromatic rings. The van der Waals surface area contributed by atoms with Gasteiger partial charge in [0, 0.05) is 5.56 Å². The Morgan fingerprint density at radius 1 is 1.18 bits per heavy atom. The third kappa shape index (κ3) is 3.74. The van der Waals surface area contributed by atoms with Crippen molar-refractivity contribution < 1.29 is 13.6 Å². The van der Waals surface area contributed by atoms with Crippen LogP contribution < -0.4 is 4.74 Å². The van der Waals surface area contributed by atoms with E-state index in [1.807, 2.05) is 6.07 Å². The van der Waals surface area contributed by atoms with E-state index in [-0.39, 0.29) is 11.4 Å². The van der Waals surface area contributed by atoms with Gasteiger partial charge < -0.3 is 9.16 Å². The quantitative estimate of drug-likeness (QED) is 0.521. The van der Waals surface area contributed by atoms with Crippen LogP contribution in [0, 0.1) is 12.7 Å². The average molecular weight is 389 g/mol. The molecule has 0 N–H and O–H groups in total. The van der Waals surface area contributed by atoms with E-state index in [0.717, 1.165) is 31.0 Å². The maximum atomic E-state index is 13.9. The molecule has 1 fully saturated rings. The molecule has 0 atom stereocenters. The van der Waals surface area contributed by atoms with Gasteiger partial charge in [-0.3, -0.25) is 0 Å². The molecular formula is C17H26BrFO2Si. The summed E-state index contributed by atoms with van der Waals surface area (Å²) >= 11 is 3.20. The number of ether oxygens (including phenoxy) is 1. The van der Waals surface area contributed by atoms with Crippen LogP contribution in [0.25, 0.3) is 0 Å². The largest absolute Gasteiger partial charge is 0.490 e. The Balaban J connectivity index is 2.04. The van der Waals surface area contributed by atoms with Crippen LogP contribution in [0.2, 0.25) is 18.1 Å². The van der Waals surface area contributed by atoms with E-state index >= 15 is 0 Å². The van der Waals surface area contributed by atoms with Gasteiger partial charge in [0.25, 0.3) is 0 Å². The molecule has 0 saturated heterocycles. The van der Waals surface area contributed by atoms with Crippen LogP contribution in [0.15, 0.2) is 16.6 Å². The van der Waals surface area contributed by atoms with Crippen molar-refractivity contribution in [2.45, 2.75) is 64.3 Å². The maximum absolute atomic E-state index is 13.9. The van der Waals surface area contributed by atoms with Crippen molar-refractivity contribution in [2.24, 2.45) is 0 Å². The van der Waals surface area contributed by atoms with Gasteiger partial charge in [-0.1, -0.05) is 20.8 Å². The molecule has 0 aliphatic heterocycles. The molecule has 0 bridgehead atoms. The van der Waals surface area contributed by atoms with Crippen molar-refractivity contribution in [1.29, 1.82) is 0 Å². The lowest BCUT2D eigenvalue weighted by Crippen LogP contribution is -2.43. The highest BCUT2D eigenvalue weighted by molar-refractivity contribution is 9.10. The van der Waals surface area contributed by atoms with Crippen molar-refractivity contribution >= 4 is 24.2 Å². The van der Waals surface area contributed by atoms with Gasteiger partial charge >= 0.3 is 0 Å². The summed E-state index contributed by atoms with van der Waals surface area (Å²) in [7, 11) is -1.62. The molecule has 2 rings (SSSR count). The normalized spacial score (nSPS) is 16.6. The highest BCUT2D eigenvalue weighted by atomic mass is 79.9. The van der Waals surface area contributed by atoms with Gasteiger partial charge in [0.15, 0.2) is 8.32 Å². The third-order valence-corrected chi connectivity index (χ3v) is 10.3. The summed E-state index contributed by atoms with van der Waals surface area (Å²) in [4.78, 5) is 0. The lowest BCUT2D eigenvalue weighted by molar-refractivity contribution is 0.0965. The Hall–Kier alpha value is -0.393. The second-order valence-electron chi connectivity index (χ2n) is 6.30. The highest BCUT2D eigenvalue weighted by Gasteiger charge is 2.50. The van der Waals surface area contributed by atoms with Crippen LogP contribution in [-0.2, 0) is 4.43 Å². The number of benzene rings is 1. The fraction of sp³-hybridized carbons (Fsp3) is 0.647. The number of hydrogen-bond acceptors (Lipinski definition) is 2. The van der Waals surface area contributed by atoms with E-state index < -0.39 is 8.32 Å². The van der Waals surface area contributed by atoms with E-state index in [4.69, 9.17) is 9.16 Å². The average Bonchev–Trinajstić information content (AvgIpc) is 3.30. The first-order chi connectivity index (χ1) is 10.4. The summed E-state index contributed by atoms with van der Waals surface area (Å²) in [6.07, 6.45) is 2.11. The minimum Gasteiger partial charge on any atom is -0.490 e. The fourth-order valence-corrected chi connectivity index (χ4v) is 6.39. The molecule has 0 aromatic heterocycles. The number of halogens is 2. The first-order valence-corrected chi connectivity index (χ1v) is 11.5. The zero-order chi connectivity index (χ0) is 16.4. The molecule has 0 unspecified atom stereocenters. The van der Waals surface area contributed by atoms with Gasteiger partial charge in [-0.25, -0.2) is 4.39 Å². The molecular weight excluding hydrogens is 363 g/mol. The van der Waals surface area contributed by atoms with Crippen LogP contribution >= 0.6 is 15.9 Å². The smallest absolute Gasteiger partial charge is 0.193 e. The fourth-order valence-electron chi connectivity index (χ4n) is 2.84. The van der Waals surface area contributed by atoms with Crippen LogP contribution in [-0.4, -0.2) is 20.5 Å². The van der Waals surface area contributed by atoms with Gasteiger partial charge in [0.1, 0.15) is 18.2 Å². The molecule has 1 aromatic carbocycles. The lowest BCUT2D eigenvalue weighted by atomic mass is 10.2. The van der Waals surface area contributed by atoms with Crippen LogP contribution in [0.1, 0.15) is 39.2 Å². The highest BCUT2D eigenvalue weighted by Crippen LogP contribution is 2.44. The standard InChI is InChI=1S/C17H26BrFO2Si/c1-5-22(6-2,7-3)21-17(10-11-17)12-20-15-9-8-14(18)16(19)13(15)4/h8-9H,5-7,10-12H2,1-4H3. The Bertz CT molecular complexity index is 519. The summed E-state index contributed by atoms with van der Waals surface area (Å²) in [5.41, 5.74) is 0.430. The van der Waals surface area contributed by atoms with Gasteiger partial charge in [-0.15, -0.1) is 0 Å². The first-order valence-electron chi connectivity index (χ1n) is 8.18. The van der Waals surface area contributed by atoms with E-state index in [2.05, 4.69) is 36.7 Å². The van der Waals surface area contributed by atoms with Crippen molar-refractivity contribution in [3.8, 4) is 5.75 Å². The number of hydrogen-bond donors (Lipinski definition) is 0. The monoisotopic (exact) mass is 388 g/mol. The number of rotatable bonds is 8. The summed E-state index contributed by atoms with van der Waals surface area (Å²) in [5.74, 6) is 0.370. The molecule has 2 nitrogen and oxygen atoms in total. The maximum Gasteiger partial charge on any atom is 0.193 e. The zero-order valence-electron chi connectivity index (χ0n) is 14.0. The van der Waals surface area contributed by atoms with E-state index in [0.29, 0.717) is 22.4 Å². The summed E-state index contributed by atoms with van der Waals surface area (Å²) in [6.45, 7) is 9.00. The Morgan fingerprint density at radius 3 is 2.27 bits per heavy atom. The van der Waals surface area contributed by atoms with Crippen molar-refractivity contribution in [3.05, 3.63) is 28.0 Å². The SMILES string of the molecule is CC[Si](CC)(CC)OC1(COc2ccc(Br)c(F)c2C)CC1. The molecule has 5 heteroatoms. The zero-order valence-corrected chi connectivity index (χ0v) is 16.6. The molecule has 0 radical (unpaired) electrons. The third-order valence-electron chi connectivity index (χ3n) is 4.95. The van der Waals surface area contributed by atoms with E-state index in [9.17, 15) is 4.39 Å². The first kappa shape index (κ1) is 18.0. The van der Waals surface area contributed by atoms with Gasteiger partial charge in [0.05, 0.1) is 10.1 Å². The topological polar surface area (TPSA) is 18.5 Å². The molecule has 0 heterocycles. The van der Waals surface area contributed by atoms with Crippen LogP contribution in [0.4, 0.5) is 4.39 Å². The van der Waals surface area contributed by atoms with E-state index in [1.165, 1.54) is 0 Å². The minimum atomic E-state index is -1.62. The Labute approximate surface area is 142 Å².